The molecule has 2 N–H and O–H groups in total. The Labute approximate surface area is 106 Å². The third-order valence-corrected chi connectivity index (χ3v) is 3.30. The van der Waals surface area contributed by atoms with Gasteiger partial charge in [-0.1, -0.05) is 13.8 Å². The Balaban J connectivity index is 2.94. The average molecular weight is 256 g/mol. The minimum atomic E-state index is -0.260. The van der Waals surface area contributed by atoms with E-state index in [4.69, 9.17) is 10.5 Å². The molecule has 0 atom stereocenters. The second-order valence-corrected chi connectivity index (χ2v) is 5.32. The monoisotopic (exact) mass is 256 g/mol. The van der Waals surface area contributed by atoms with Crippen molar-refractivity contribution in [2.75, 3.05) is 13.2 Å². The first kappa shape index (κ1) is 14.1. The summed E-state index contributed by atoms with van der Waals surface area (Å²) in [7, 11) is 0. The predicted molar refractivity (Wildman–Crippen MR) is 69.4 cm³/mol. The zero-order valence-corrected chi connectivity index (χ0v) is 11.5. The van der Waals surface area contributed by atoms with Crippen molar-refractivity contribution >= 4 is 17.3 Å². The minimum absolute atomic E-state index is 0.260. The third kappa shape index (κ3) is 4.09. The van der Waals surface area contributed by atoms with Gasteiger partial charge in [0.25, 0.3) is 0 Å². The number of carbonyl (C=O) groups is 1. The third-order valence-electron chi connectivity index (χ3n) is 2.16. The van der Waals surface area contributed by atoms with Crippen LogP contribution in [0.4, 0.5) is 0 Å². The largest absolute Gasteiger partial charge is 0.462 e. The maximum atomic E-state index is 11.8. The predicted octanol–water partition coefficient (Wildman–Crippen LogP) is 2.02. The molecule has 0 saturated carbocycles. The van der Waals surface area contributed by atoms with Crippen LogP contribution in [0.3, 0.4) is 0 Å². The van der Waals surface area contributed by atoms with Gasteiger partial charge >= 0.3 is 5.97 Å². The van der Waals surface area contributed by atoms with E-state index in [1.54, 1.807) is 0 Å². The molecule has 1 aromatic heterocycles. The van der Waals surface area contributed by atoms with Gasteiger partial charge in [-0.15, -0.1) is 11.3 Å². The minimum Gasteiger partial charge on any atom is -0.462 e. The van der Waals surface area contributed by atoms with E-state index in [0.29, 0.717) is 23.9 Å². The lowest BCUT2D eigenvalue weighted by Gasteiger charge is -2.04. The average Bonchev–Trinajstić information content (AvgIpc) is 2.61. The van der Waals surface area contributed by atoms with Crippen molar-refractivity contribution in [3.05, 3.63) is 15.6 Å². The number of esters is 1. The Bertz CT molecular complexity index is 375. The Morgan fingerprint density at radius 1 is 1.53 bits per heavy atom. The standard InChI is InChI=1S/C12H20N2O2S/c1-4-16-12(15)11-9(7-8(2)3)14-10(17-11)5-6-13/h8H,4-7,13H2,1-3H3. The molecule has 5 heteroatoms. The molecule has 96 valence electrons. The molecule has 1 rings (SSSR count). The lowest BCUT2D eigenvalue weighted by atomic mass is 10.1. The molecule has 0 saturated heterocycles. The van der Waals surface area contributed by atoms with Crippen LogP contribution in [0, 0.1) is 5.92 Å². The molecule has 0 bridgehead atoms. The van der Waals surface area contributed by atoms with Crippen molar-refractivity contribution in [3.8, 4) is 0 Å². The number of carbonyl (C=O) groups excluding carboxylic acids is 1. The summed E-state index contributed by atoms with van der Waals surface area (Å²) >= 11 is 1.41. The molecule has 0 unspecified atom stereocenters. The summed E-state index contributed by atoms with van der Waals surface area (Å²) in [6.07, 6.45) is 1.52. The Morgan fingerprint density at radius 2 is 2.24 bits per heavy atom. The van der Waals surface area contributed by atoms with Gasteiger partial charge in [-0.05, 0) is 25.8 Å². The highest BCUT2D eigenvalue weighted by Crippen LogP contribution is 2.22. The van der Waals surface area contributed by atoms with E-state index in [9.17, 15) is 4.79 Å². The SMILES string of the molecule is CCOC(=O)c1sc(CCN)nc1CC(C)C. The number of thiazole rings is 1. The molecule has 4 nitrogen and oxygen atoms in total. The quantitative estimate of drug-likeness (QED) is 0.791. The van der Waals surface area contributed by atoms with E-state index < -0.39 is 0 Å². The number of hydrogen-bond acceptors (Lipinski definition) is 5. The molecule has 0 radical (unpaired) electrons. The first-order valence-corrected chi connectivity index (χ1v) is 6.75. The van der Waals surface area contributed by atoms with E-state index in [2.05, 4.69) is 18.8 Å². The zero-order valence-electron chi connectivity index (χ0n) is 10.7. The second kappa shape index (κ2) is 6.71. The summed E-state index contributed by atoms with van der Waals surface area (Å²) in [6, 6.07) is 0. The lowest BCUT2D eigenvalue weighted by Crippen LogP contribution is -2.07. The smallest absolute Gasteiger partial charge is 0.350 e. The summed E-state index contributed by atoms with van der Waals surface area (Å²) in [6.45, 7) is 6.97. The molecule has 0 fully saturated rings. The number of rotatable bonds is 6. The van der Waals surface area contributed by atoms with Gasteiger partial charge in [0, 0.05) is 6.42 Å². The van der Waals surface area contributed by atoms with Gasteiger partial charge in [0.2, 0.25) is 0 Å². The second-order valence-electron chi connectivity index (χ2n) is 4.24. The van der Waals surface area contributed by atoms with Crippen molar-refractivity contribution in [3.63, 3.8) is 0 Å². The number of nitrogens with two attached hydrogens (primary N) is 1. The molecule has 0 aromatic carbocycles. The van der Waals surface area contributed by atoms with Crippen molar-refractivity contribution in [2.24, 2.45) is 11.7 Å². The lowest BCUT2D eigenvalue weighted by molar-refractivity contribution is 0.0530. The van der Waals surface area contributed by atoms with Crippen molar-refractivity contribution in [2.45, 2.75) is 33.6 Å². The van der Waals surface area contributed by atoms with E-state index >= 15 is 0 Å². The van der Waals surface area contributed by atoms with Gasteiger partial charge in [-0.2, -0.15) is 0 Å². The van der Waals surface area contributed by atoms with Crippen LogP contribution < -0.4 is 5.73 Å². The van der Waals surface area contributed by atoms with Crippen LogP contribution >= 0.6 is 11.3 Å². The fourth-order valence-electron chi connectivity index (χ4n) is 1.51. The van der Waals surface area contributed by atoms with Gasteiger partial charge in [-0.25, -0.2) is 9.78 Å². The molecule has 17 heavy (non-hydrogen) atoms. The molecular weight excluding hydrogens is 236 g/mol. The van der Waals surface area contributed by atoms with Gasteiger partial charge in [0.15, 0.2) is 0 Å². The van der Waals surface area contributed by atoms with E-state index in [1.807, 2.05) is 6.92 Å². The van der Waals surface area contributed by atoms with Crippen LogP contribution in [0.5, 0.6) is 0 Å². The van der Waals surface area contributed by atoms with Crippen LogP contribution in [0.25, 0.3) is 0 Å². The normalized spacial score (nSPS) is 10.9. The fourth-order valence-corrected chi connectivity index (χ4v) is 2.51. The van der Waals surface area contributed by atoms with Gasteiger partial charge in [0.1, 0.15) is 4.88 Å². The maximum Gasteiger partial charge on any atom is 0.350 e. The zero-order chi connectivity index (χ0) is 12.8. The number of hydrogen-bond donors (Lipinski definition) is 1. The van der Waals surface area contributed by atoms with Crippen LogP contribution in [0.2, 0.25) is 0 Å². The van der Waals surface area contributed by atoms with Gasteiger partial charge < -0.3 is 10.5 Å². The topological polar surface area (TPSA) is 65.2 Å². The van der Waals surface area contributed by atoms with Gasteiger partial charge in [0.05, 0.1) is 17.3 Å². The van der Waals surface area contributed by atoms with Crippen molar-refractivity contribution in [1.29, 1.82) is 0 Å². The van der Waals surface area contributed by atoms with Crippen LogP contribution in [0.15, 0.2) is 0 Å². The first-order valence-electron chi connectivity index (χ1n) is 5.94. The maximum absolute atomic E-state index is 11.8. The molecular formula is C12H20N2O2S. The summed E-state index contributed by atoms with van der Waals surface area (Å²) < 4.78 is 5.04. The molecule has 0 aliphatic rings. The Hall–Kier alpha value is -0.940. The van der Waals surface area contributed by atoms with Crippen LogP contribution in [0.1, 0.15) is 41.1 Å². The molecule has 1 heterocycles. The van der Waals surface area contributed by atoms with E-state index in [0.717, 1.165) is 23.5 Å². The Morgan fingerprint density at radius 3 is 2.76 bits per heavy atom. The number of nitrogens with zero attached hydrogens (tertiary/aromatic N) is 1. The summed E-state index contributed by atoms with van der Waals surface area (Å²) in [5.41, 5.74) is 6.36. The van der Waals surface area contributed by atoms with Crippen molar-refractivity contribution in [1.82, 2.24) is 4.98 Å². The molecule has 0 spiro atoms. The summed E-state index contributed by atoms with van der Waals surface area (Å²) in [5, 5.41) is 0.922. The molecule has 1 aromatic rings. The van der Waals surface area contributed by atoms with Crippen LogP contribution in [-0.4, -0.2) is 24.1 Å². The van der Waals surface area contributed by atoms with Crippen molar-refractivity contribution < 1.29 is 9.53 Å². The molecule has 0 aliphatic heterocycles. The molecule has 0 amide bonds. The fraction of sp³-hybridized carbons (Fsp3) is 0.667. The highest BCUT2D eigenvalue weighted by atomic mass is 32.1. The Kier molecular flexibility index (Phi) is 5.58. The number of ether oxygens (including phenoxy) is 1. The molecule has 0 aliphatic carbocycles. The van der Waals surface area contributed by atoms with Crippen LogP contribution in [-0.2, 0) is 17.6 Å². The van der Waals surface area contributed by atoms with Gasteiger partial charge in [-0.3, -0.25) is 0 Å². The highest BCUT2D eigenvalue weighted by Gasteiger charge is 2.19. The van der Waals surface area contributed by atoms with E-state index in [-0.39, 0.29) is 5.97 Å². The first-order chi connectivity index (χ1) is 8.08. The summed E-state index contributed by atoms with van der Waals surface area (Å²) in [5.74, 6) is 0.208. The summed E-state index contributed by atoms with van der Waals surface area (Å²) in [4.78, 5) is 16.9. The highest BCUT2D eigenvalue weighted by molar-refractivity contribution is 7.13. The van der Waals surface area contributed by atoms with E-state index in [1.165, 1.54) is 11.3 Å². The number of aromatic nitrogens is 1.